The van der Waals surface area contributed by atoms with E-state index in [1.54, 1.807) is 48.5 Å². The fourth-order valence-electron chi connectivity index (χ4n) is 1.55. The summed E-state index contributed by atoms with van der Waals surface area (Å²) in [7, 11) is 1.54. The Morgan fingerprint density at radius 2 is 1.70 bits per heavy atom. The smallest absolute Gasteiger partial charge is 0.261 e. The van der Waals surface area contributed by atoms with Gasteiger partial charge in [0.25, 0.3) is 5.91 Å². The second kappa shape index (κ2) is 6.77. The van der Waals surface area contributed by atoms with E-state index in [0.717, 1.165) is 11.9 Å². The number of rotatable bonds is 3. The van der Waals surface area contributed by atoms with Crippen LogP contribution in [0.5, 0.6) is 5.75 Å². The van der Waals surface area contributed by atoms with Crippen molar-refractivity contribution in [2.24, 2.45) is 0 Å². The van der Waals surface area contributed by atoms with Crippen molar-refractivity contribution in [3.8, 4) is 5.75 Å². The number of carbonyl (C=O) groups excluding carboxylic acids is 2. The Balaban J connectivity index is 1.97. The van der Waals surface area contributed by atoms with Gasteiger partial charge in [-0.2, -0.15) is 0 Å². The average molecular weight is 287 g/mol. The van der Waals surface area contributed by atoms with Crippen LogP contribution in [0.1, 0.15) is 20.7 Å². The van der Waals surface area contributed by atoms with Gasteiger partial charge >= 0.3 is 0 Å². The molecule has 0 aliphatic rings. The molecule has 0 unspecified atom stereocenters. The number of carbonyl (C=O) groups is 2. The molecule has 2 aromatic carbocycles. The van der Waals surface area contributed by atoms with E-state index in [1.165, 1.54) is 7.11 Å². The number of hydrogen-bond donors (Lipinski definition) is 1. The number of ether oxygens (including phenoxy) is 1. The van der Waals surface area contributed by atoms with Gasteiger partial charge in [-0.05, 0) is 24.3 Å². The Labute approximate surface area is 121 Å². The van der Waals surface area contributed by atoms with Gasteiger partial charge in [-0.15, -0.1) is 0 Å². The van der Waals surface area contributed by atoms with Crippen molar-refractivity contribution in [3.63, 3.8) is 0 Å². The minimum Gasteiger partial charge on any atom is -0.497 e. The predicted octanol–water partition coefficient (Wildman–Crippen LogP) is 2.91. The van der Waals surface area contributed by atoms with Crippen molar-refractivity contribution in [2.75, 3.05) is 7.11 Å². The first-order chi connectivity index (χ1) is 9.70. The van der Waals surface area contributed by atoms with E-state index in [9.17, 15) is 9.59 Å². The number of methoxy groups -OCH3 is 1. The van der Waals surface area contributed by atoms with Crippen molar-refractivity contribution >= 4 is 23.0 Å². The zero-order valence-electron chi connectivity index (χ0n) is 10.8. The summed E-state index contributed by atoms with van der Waals surface area (Å²) in [6.07, 6.45) is 0. The largest absolute Gasteiger partial charge is 0.497 e. The molecule has 0 spiro atoms. The molecule has 2 aromatic rings. The first-order valence-electron chi connectivity index (χ1n) is 5.91. The summed E-state index contributed by atoms with van der Waals surface area (Å²) in [5.41, 5.74) is 0.987. The van der Waals surface area contributed by atoms with Crippen LogP contribution in [0, 0.1) is 0 Å². The Morgan fingerprint density at radius 3 is 2.40 bits per heavy atom. The van der Waals surface area contributed by atoms with Gasteiger partial charge in [-0.25, -0.2) is 0 Å². The zero-order chi connectivity index (χ0) is 14.4. The lowest BCUT2D eigenvalue weighted by atomic mass is 10.2. The molecule has 1 N–H and O–H groups in total. The van der Waals surface area contributed by atoms with Crippen molar-refractivity contribution in [1.82, 2.24) is 4.72 Å². The van der Waals surface area contributed by atoms with Crippen LogP contribution in [0.3, 0.4) is 0 Å². The normalized spacial score (nSPS) is 9.85. The Hall–Kier alpha value is -2.27. The summed E-state index contributed by atoms with van der Waals surface area (Å²) in [5.74, 6) is 0.303. The van der Waals surface area contributed by atoms with Crippen LogP contribution in [0.4, 0.5) is 0 Å². The molecule has 5 heteroatoms. The second-order valence-electron chi connectivity index (χ2n) is 3.92. The molecule has 1 amide bonds. The summed E-state index contributed by atoms with van der Waals surface area (Å²) in [5, 5.41) is -0.242. The molecule has 102 valence electrons. The second-order valence-corrected chi connectivity index (χ2v) is 4.70. The molecule has 20 heavy (non-hydrogen) atoms. The van der Waals surface area contributed by atoms with Gasteiger partial charge in [0.1, 0.15) is 5.75 Å². The first-order valence-corrected chi connectivity index (χ1v) is 6.73. The van der Waals surface area contributed by atoms with E-state index in [-0.39, 0.29) is 11.0 Å². The van der Waals surface area contributed by atoms with E-state index in [2.05, 4.69) is 4.72 Å². The zero-order valence-corrected chi connectivity index (χ0v) is 11.6. The van der Waals surface area contributed by atoms with Gasteiger partial charge in [0.15, 0.2) is 0 Å². The molecule has 0 heterocycles. The molecule has 0 aliphatic heterocycles. The predicted molar refractivity (Wildman–Crippen MR) is 78.8 cm³/mol. The van der Waals surface area contributed by atoms with Crippen molar-refractivity contribution < 1.29 is 14.3 Å². The highest BCUT2D eigenvalue weighted by Gasteiger charge is 2.11. The quantitative estimate of drug-likeness (QED) is 0.882. The topological polar surface area (TPSA) is 55.4 Å². The Morgan fingerprint density at radius 1 is 1.00 bits per heavy atom. The van der Waals surface area contributed by atoms with Crippen LogP contribution in [0.25, 0.3) is 0 Å². The number of amides is 1. The number of hydrogen-bond acceptors (Lipinski definition) is 4. The lowest BCUT2D eigenvalue weighted by Crippen LogP contribution is -2.18. The highest BCUT2D eigenvalue weighted by molar-refractivity contribution is 8.12. The van der Waals surface area contributed by atoms with Crippen LogP contribution >= 0.6 is 11.9 Å². The van der Waals surface area contributed by atoms with Crippen LogP contribution in [0.2, 0.25) is 0 Å². The van der Waals surface area contributed by atoms with E-state index >= 15 is 0 Å². The van der Waals surface area contributed by atoms with Gasteiger partial charge in [0.05, 0.1) is 7.11 Å². The van der Waals surface area contributed by atoms with Gasteiger partial charge < -0.3 is 4.74 Å². The number of nitrogens with one attached hydrogen (secondary N) is 1. The summed E-state index contributed by atoms with van der Waals surface area (Å²) in [4.78, 5) is 23.7. The molecule has 0 bridgehead atoms. The van der Waals surface area contributed by atoms with Gasteiger partial charge in [0.2, 0.25) is 5.12 Å². The fraction of sp³-hybridized carbons (Fsp3) is 0.0667. The molecule has 0 saturated heterocycles. The van der Waals surface area contributed by atoms with E-state index in [0.29, 0.717) is 16.9 Å². The van der Waals surface area contributed by atoms with Crippen molar-refractivity contribution in [2.45, 2.75) is 0 Å². The van der Waals surface area contributed by atoms with Crippen LogP contribution in [0.15, 0.2) is 54.6 Å². The minimum absolute atomic E-state index is 0.242. The van der Waals surface area contributed by atoms with Gasteiger partial charge in [0, 0.05) is 23.1 Å². The molecule has 4 nitrogen and oxygen atoms in total. The monoisotopic (exact) mass is 287 g/mol. The van der Waals surface area contributed by atoms with Crippen LogP contribution in [-0.4, -0.2) is 18.1 Å². The maximum atomic E-state index is 11.9. The van der Waals surface area contributed by atoms with Crippen molar-refractivity contribution in [3.05, 3.63) is 65.7 Å². The fourth-order valence-corrected chi connectivity index (χ4v) is 2.10. The summed E-state index contributed by atoms with van der Waals surface area (Å²) < 4.78 is 7.57. The van der Waals surface area contributed by atoms with Gasteiger partial charge in [-0.3, -0.25) is 14.3 Å². The first kappa shape index (κ1) is 14.1. The van der Waals surface area contributed by atoms with Crippen LogP contribution in [-0.2, 0) is 0 Å². The Kier molecular flexibility index (Phi) is 4.79. The SMILES string of the molecule is COc1cccc(C(=O)SNC(=O)c2ccccc2)c1. The Bertz CT molecular complexity index is 614. The maximum absolute atomic E-state index is 11.9. The highest BCUT2D eigenvalue weighted by atomic mass is 32.2. The van der Waals surface area contributed by atoms with E-state index < -0.39 is 0 Å². The average Bonchev–Trinajstić information content (AvgIpc) is 2.53. The molecule has 0 radical (unpaired) electrons. The third-order valence-corrected chi connectivity index (χ3v) is 3.29. The van der Waals surface area contributed by atoms with E-state index in [4.69, 9.17) is 4.74 Å². The molecule has 2 rings (SSSR count). The maximum Gasteiger partial charge on any atom is 0.261 e. The molecule has 0 aliphatic carbocycles. The third kappa shape index (κ3) is 3.61. The number of benzene rings is 2. The molecular formula is C15H13NO3S. The highest BCUT2D eigenvalue weighted by Crippen LogP contribution is 2.16. The van der Waals surface area contributed by atoms with E-state index in [1.807, 2.05) is 6.07 Å². The van der Waals surface area contributed by atoms with Crippen molar-refractivity contribution in [1.29, 1.82) is 0 Å². The lowest BCUT2D eigenvalue weighted by Gasteiger charge is -2.05. The molecular weight excluding hydrogens is 274 g/mol. The summed E-state index contributed by atoms with van der Waals surface area (Å²) in [6.45, 7) is 0. The summed E-state index contributed by atoms with van der Waals surface area (Å²) >= 11 is 0.758. The van der Waals surface area contributed by atoms with Crippen LogP contribution < -0.4 is 9.46 Å². The molecule has 0 fully saturated rings. The molecule has 0 aromatic heterocycles. The minimum atomic E-state index is -0.299. The molecule has 0 saturated carbocycles. The third-order valence-electron chi connectivity index (χ3n) is 2.58. The van der Waals surface area contributed by atoms with Gasteiger partial charge in [-0.1, -0.05) is 30.3 Å². The summed E-state index contributed by atoms with van der Waals surface area (Å²) in [6, 6.07) is 15.5. The lowest BCUT2D eigenvalue weighted by molar-refractivity contribution is 0.0978. The molecule has 0 atom stereocenters. The standard InChI is InChI=1S/C15H13NO3S/c1-19-13-9-5-8-12(10-13)15(18)20-16-14(17)11-6-3-2-4-7-11/h2-10H,1H3,(H,16,17).